The maximum atomic E-state index is 11.3. The lowest BCUT2D eigenvalue weighted by Gasteiger charge is -2.08. The van der Waals surface area contributed by atoms with Gasteiger partial charge >= 0.3 is 0 Å². The van der Waals surface area contributed by atoms with Crippen molar-refractivity contribution in [2.45, 2.75) is 20.3 Å². The Labute approximate surface area is 96.8 Å². The maximum Gasteiger partial charge on any atom is 0.251 e. The summed E-state index contributed by atoms with van der Waals surface area (Å²) in [6.45, 7) is 5.05. The van der Waals surface area contributed by atoms with Gasteiger partial charge in [0.2, 0.25) is 0 Å². The van der Waals surface area contributed by atoms with Crippen molar-refractivity contribution < 1.29 is 9.53 Å². The van der Waals surface area contributed by atoms with Crippen LogP contribution in [0, 0.1) is 5.92 Å². The Balaban J connectivity index is 2.48. The molecular weight excluding hydrogens is 202 g/mol. The zero-order valence-electron chi connectivity index (χ0n) is 10.1. The first kappa shape index (κ1) is 12.6. The predicted octanol–water partition coefficient (Wildman–Crippen LogP) is 2.47. The van der Waals surface area contributed by atoms with E-state index in [1.165, 1.54) is 0 Å². The Morgan fingerprint density at radius 1 is 1.31 bits per heavy atom. The van der Waals surface area contributed by atoms with Crippen molar-refractivity contribution in [3.05, 3.63) is 29.8 Å². The molecule has 0 unspecified atom stereocenters. The Hall–Kier alpha value is -1.51. The van der Waals surface area contributed by atoms with Gasteiger partial charge in [0.25, 0.3) is 5.91 Å². The number of amides is 1. The van der Waals surface area contributed by atoms with E-state index in [0.717, 1.165) is 18.8 Å². The number of benzene rings is 1. The number of hydrogen-bond donors (Lipinski definition) is 1. The lowest BCUT2D eigenvalue weighted by molar-refractivity contribution is 0.0963. The molecule has 0 heterocycles. The number of carbonyl (C=O) groups excluding carboxylic acids is 1. The minimum absolute atomic E-state index is 0.0752. The molecule has 3 heteroatoms. The molecule has 0 aliphatic carbocycles. The standard InChI is InChI=1S/C13H19NO2/c1-10(2)8-9-16-12-6-4-11(5-7-12)13(15)14-3/h4-7,10H,8-9H2,1-3H3,(H,14,15). The number of hydrogen-bond acceptors (Lipinski definition) is 2. The van der Waals surface area contributed by atoms with Crippen LogP contribution < -0.4 is 10.1 Å². The van der Waals surface area contributed by atoms with Crippen LogP contribution in [0.4, 0.5) is 0 Å². The monoisotopic (exact) mass is 221 g/mol. The minimum Gasteiger partial charge on any atom is -0.494 e. The molecular formula is C13H19NO2. The van der Waals surface area contributed by atoms with E-state index in [0.29, 0.717) is 11.5 Å². The summed E-state index contributed by atoms with van der Waals surface area (Å²) in [4.78, 5) is 11.3. The second-order valence-corrected chi connectivity index (χ2v) is 4.13. The lowest BCUT2D eigenvalue weighted by Crippen LogP contribution is -2.17. The second-order valence-electron chi connectivity index (χ2n) is 4.13. The van der Waals surface area contributed by atoms with Crippen LogP contribution in [0.2, 0.25) is 0 Å². The van der Waals surface area contributed by atoms with Crippen LogP contribution in [-0.2, 0) is 0 Å². The smallest absolute Gasteiger partial charge is 0.251 e. The first-order chi connectivity index (χ1) is 7.63. The molecule has 0 radical (unpaired) electrons. The third kappa shape index (κ3) is 3.93. The van der Waals surface area contributed by atoms with Crippen molar-refractivity contribution in [1.29, 1.82) is 0 Å². The van der Waals surface area contributed by atoms with Crippen molar-refractivity contribution in [1.82, 2.24) is 5.32 Å². The molecule has 0 spiro atoms. The van der Waals surface area contributed by atoms with Gasteiger partial charge in [-0.1, -0.05) is 13.8 Å². The highest BCUT2D eigenvalue weighted by Gasteiger charge is 2.02. The molecule has 1 amide bonds. The SMILES string of the molecule is CNC(=O)c1ccc(OCCC(C)C)cc1. The number of rotatable bonds is 5. The average molecular weight is 221 g/mol. The van der Waals surface area contributed by atoms with Gasteiger partial charge in [-0.2, -0.15) is 0 Å². The van der Waals surface area contributed by atoms with E-state index >= 15 is 0 Å². The first-order valence-electron chi connectivity index (χ1n) is 5.58. The Morgan fingerprint density at radius 3 is 2.44 bits per heavy atom. The van der Waals surface area contributed by atoms with Crippen LogP contribution in [0.3, 0.4) is 0 Å². The van der Waals surface area contributed by atoms with Gasteiger partial charge in [-0.05, 0) is 36.6 Å². The number of nitrogens with one attached hydrogen (secondary N) is 1. The number of ether oxygens (including phenoxy) is 1. The van der Waals surface area contributed by atoms with E-state index < -0.39 is 0 Å². The lowest BCUT2D eigenvalue weighted by atomic mass is 10.1. The quantitative estimate of drug-likeness (QED) is 0.829. The molecule has 0 atom stereocenters. The van der Waals surface area contributed by atoms with Crippen LogP contribution in [-0.4, -0.2) is 19.6 Å². The van der Waals surface area contributed by atoms with Crippen molar-refractivity contribution in [3.63, 3.8) is 0 Å². The molecule has 1 aromatic rings. The van der Waals surface area contributed by atoms with E-state index in [1.54, 1.807) is 19.2 Å². The van der Waals surface area contributed by atoms with Gasteiger partial charge in [-0.3, -0.25) is 4.79 Å². The van der Waals surface area contributed by atoms with Gasteiger partial charge in [-0.15, -0.1) is 0 Å². The van der Waals surface area contributed by atoms with E-state index in [1.807, 2.05) is 12.1 Å². The van der Waals surface area contributed by atoms with E-state index in [4.69, 9.17) is 4.74 Å². The molecule has 1 aromatic carbocycles. The predicted molar refractivity (Wildman–Crippen MR) is 64.8 cm³/mol. The van der Waals surface area contributed by atoms with Crippen molar-refractivity contribution in [2.75, 3.05) is 13.7 Å². The van der Waals surface area contributed by atoms with Gasteiger partial charge in [0, 0.05) is 12.6 Å². The fraction of sp³-hybridized carbons (Fsp3) is 0.462. The highest BCUT2D eigenvalue weighted by molar-refractivity contribution is 5.94. The van der Waals surface area contributed by atoms with Crippen molar-refractivity contribution in [2.24, 2.45) is 5.92 Å². The van der Waals surface area contributed by atoms with Gasteiger partial charge < -0.3 is 10.1 Å². The molecule has 0 saturated heterocycles. The summed E-state index contributed by atoms with van der Waals surface area (Å²) in [5.74, 6) is 1.38. The topological polar surface area (TPSA) is 38.3 Å². The summed E-state index contributed by atoms with van der Waals surface area (Å²) in [7, 11) is 1.62. The molecule has 1 rings (SSSR count). The van der Waals surface area contributed by atoms with Gasteiger partial charge in [0.15, 0.2) is 0 Å². The normalized spacial score (nSPS) is 10.2. The van der Waals surface area contributed by atoms with E-state index in [-0.39, 0.29) is 5.91 Å². The van der Waals surface area contributed by atoms with Crippen LogP contribution in [0.1, 0.15) is 30.6 Å². The molecule has 0 aliphatic heterocycles. The van der Waals surface area contributed by atoms with Crippen molar-refractivity contribution >= 4 is 5.91 Å². The van der Waals surface area contributed by atoms with E-state index in [9.17, 15) is 4.79 Å². The summed E-state index contributed by atoms with van der Waals surface area (Å²) in [5.41, 5.74) is 0.652. The third-order valence-corrected chi connectivity index (χ3v) is 2.31. The molecule has 0 bridgehead atoms. The minimum atomic E-state index is -0.0752. The molecule has 1 N–H and O–H groups in total. The maximum absolute atomic E-state index is 11.3. The van der Waals surface area contributed by atoms with Crippen LogP contribution in [0.15, 0.2) is 24.3 Å². The zero-order valence-corrected chi connectivity index (χ0v) is 10.1. The fourth-order valence-electron chi connectivity index (χ4n) is 1.26. The summed E-state index contributed by atoms with van der Waals surface area (Å²) in [6.07, 6.45) is 1.04. The molecule has 0 aromatic heterocycles. The van der Waals surface area contributed by atoms with E-state index in [2.05, 4.69) is 19.2 Å². The zero-order chi connectivity index (χ0) is 12.0. The molecule has 3 nitrogen and oxygen atoms in total. The number of carbonyl (C=O) groups is 1. The Bertz CT molecular complexity index is 330. The summed E-state index contributed by atoms with van der Waals surface area (Å²) in [5, 5.41) is 2.58. The van der Waals surface area contributed by atoms with Crippen LogP contribution >= 0.6 is 0 Å². The molecule has 0 aliphatic rings. The average Bonchev–Trinajstić information content (AvgIpc) is 2.28. The Morgan fingerprint density at radius 2 is 1.94 bits per heavy atom. The van der Waals surface area contributed by atoms with Crippen LogP contribution in [0.25, 0.3) is 0 Å². The molecule has 88 valence electrons. The van der Waals surface area contributed by atoms with Gasteiger partial charge in [-0.25, -0.2) is 0 Å². The largest absolute Gasteiger partial charge is 0.494 e. The summed E-state index contributed by atoms with van der Waals surface area (Å²) < 4.78 is 5.55. The third-order valence-electron chi connectivity index (χ3n) is 2.31. The van der Waals surface area contributed by atoms with Gasteiger partial charge in [0.05, 0.1) is 6.61 Å². The van der Waals surface area contributed by atoms with Gasteiger partial charge in [0.1, 0.15) is 5.75 Å². The molecule has 0 saturated carbocycles. The fourth-order valence-corrected chi connectivity index (χ4v) is 1.26. The molecule has 16 heavy (non-hydrogen) atoms. The first-order valence-corrected chi connectivity index (χ1v) is 5.58. The van der Waals surface area contributed by atoms with Crippen LogP contribution in [0.5, 0.6) is 5.75 Å². The second kappa shape index (κ2) is 6.16. The Kier molecular flexibility index (Phi) is 4.83. The van der Waals surface area contributed by atoms with Crippen molar-refractivity contribution in [3.8, 4) is 5.75 Å². The molecule has 0 fully saturated rings. The highest BCUT2D eigenvalue weighted by Crippen LogP contribution is 2.13. The summed E-state index contributed by atoms with van der Waals surface area (Å²) in [6, 6.07) is 7.18. The summed E-state index contributed by atoms with van der Waals surface area (Å²) >= 11 is 0. The highest BCUT2D eigenvalue weighted by atomic mass is 16.5.